The first-order valence-corrected chi connectivity index (χ1v) is 5.10. The van der Waals surface area contributed by atoms with Crippen molar-refractivity contribution in [3.05, 3.63) is 23.8 Å². The SMILES string of the molecule is Nc1ccc(O)c(C(O)C(O)CCCl)c1. The van der Waals surface area contributed by atoms with Crippen LogP contribution >= 0.6 is 11.6 Å². The molecule has 4 nitrogen and oxygen atoms in total. The molecule has 0 aromatic heterocycles. The van der Waals surface area contributed by atoms with Crippen LogP contribution in [0.25, 0.3) is 0 Å². The van der Waals surface area contributed by atoms with Crippen molar-refractivity contribution < 1.29 is 15.3 Å². The van der Waals surface area contributed by atoms with Crippen molar-refractivity contribution in [1.82, 2.24) is 0 Å². The van der Waals surface area contributed by atoms with Gasteiger partial charge >= 0.3 is 0 Å². The monoisotopic (exact) mass is 231 g/mol. The maximum atomic E-state index is 9.70. The maximum absolute atomic E-state index is 9.70. The molecule has 0 aliphatic heterocycles. The van der Waals surface area contributed by atoms with Crippen LogP contribution in [0.4, 0.5) is 5.69 Å². The third-order valence-electron chi connectivity index (χ3n) is 2.14. The molecule has 5 N–H and O–H groups in total. The first-order chi connectivity index (χ1) is 7.06. The summed E-state index contributed by atoms with van der Waals surface area (Å²) >= 11 is 5.44. The molecule has 0 spiro atoms. The number of aromatic hydroxyl groups is 1. The van der Waals surface area contributed by atoms with E-state index in [9.17, 15) is 15.3 Å². The standard InChI is InChI=1S/C10H14ClNO3/c11-4-3-9(14)10(15)7-5-6(12)1-2-8(7)13/h1-2,5,9-10,13-15H,3-4,12H2. The van der Waals surface area contributed by atoms with E-state index in [1.807, 2.05) is 0 Å². The van der Waals surface area contributed by atoms with Crippen molar-refractivity contribution in [3.63, 3.8) is 0 Å². The first-order valence-electron chi connectivity index (χ1n) is 4.56. The summed E-state index contributed by atoms with van der Waals surface area (Å²) in [6, 6.07) is 4.32. The Balaban J connectivity index is 2.89. The summed E-state index contributed by atoms with van der Waals surface area (Å²) in [4.78, 5) is 0. The van der Waals surface area contributed by atoms with Gasteiger partial charge in [0.05, 0.1) is 6.10 Å². The van der Waals surface area contributed by atoms with Crippen LogP contribution in [-0.2, 0) is 0 Å². The quantitative estimate of drug-likeness (QED) is 0.354. The van der Waals surface area contributed by atoms with E-state index in [1.54, 1.807) is 0 Å². The lowest BCUT2D eigenvalue weighted by molar-refractivity contribution is 0.0157. The summed E-state index contributed by atoms with van der Waals surface area (Å²) in [6.45, 7) is 0. The van der Waals surface area contributed by atoms with Crippen molar-refractivity contribution in [1.29, 1.82) is 0 Å². The highest BCUT2D eigenvalue weighted by Gasteiger charge is 2.20. The minimum absolute atomic E-state index is 0.0923. The third kappa shape index (κ3) is 2.99. The number of hydrogen-bond acceptors (Lipinski definition) is 4. The zero-order chi connectivity index (χ0) is 11.4. The molecule has 0 heterocycles. The van der Waals surface area contributed by atoms with Crippen LogP contribution in [0.5, 0.6) is 5.75 Å². The summed E-state index contributed by atoms with van der Waals surface area (Å²) in [5, 5.41) is 28.7. The fourth-order valence-corrected chi connectivity index (χ4v) is 1.51. The van der Waals surface area contributed by atoms with Crippen molar-refractivity contribution in [2.24, 2.45) is 0 Å². The lowest BCUT2D eigenvalue weighted by Crippen LogP contribution is -2.18. The fourth-order valence-electron chi connectivity index (χ4n) is 1.29. The van der Waals surface area contributed by atoms with Crippen LogP contribution in [0.15, 0.2) is 18.2 Å². The van der Waals surface area contributed by atoms with Crippen LogP contribution in [-0.4, -0.2) is 27.3 Å². The minimum atomic E-state index is -1.17. The molecule has 5 heteroatoms. The Hall–Kier alpha value is -0.970. The Bertz CT molecular complexity index is 332. The number of halogens is 1. The number of anilines is 1. The number of aliphatic hydroxyl groups is 2. The molecule has 0 aliphatic rings. The van der Waals surface area contributed by atoms with Crippen LogP contribution in [0.3, 0.4) is 0 Å². The summed E-state index contributed by atoms with van der Waals surface area (Å²) in [5.41, 5.74) is 6.14. The Kier molecular flexibility index (Phi) is 4.20. The molecule has 0 radical (unpaired) electrons. The molecule has 1 aromatic rings. The number of phenols is 1. The van der Waals surface area contributed by atoms with E-state index in [0.29, 0.717) is 5.69 Å². The van der Waals surface area contributed by atoms with Crippen molar-refractivity contribution in [2.45, 2.75) is 18.6 Å². The molecule has 1 rings (SSSR count). The highest BCUT2D eigenvalue weighted by atomic mass is 35.5. The molecule has 0 saturated carbocycles. The molecule has 0 amide bonds. The van der Waals surface area contributed by atoms with Gasteiger partial charge in [-0.05, 0) is 24.6 Å². The van der Waals surface area contributed by atoms with Crippen molar-refractivity contribution in [3.8, 4) is 5.75 Å². The highest BCUT2D eigenvalue weighted by Crippen LogP contribution is 2.29. The predicted molar refractivity (Wildman–Crippen MR) is 58.8 cm³/mol. The van der Waals surface area contributed by atoms with Gasteiger partial charge < -0.3 is 21.1 Å². The summed E-state index contributed by atoms with van der Waals surface area (Å²) < 4.78 is 0. The summed E-state index contributed by atoms with van der Waals surface area (Å²) in [6.07, 6.45) is -1.93. The van der Waals surface area contributed by atoms with Crippen LogP contribution < -0.4 is 5.73 Å². The topological polar surface area (TPSA) is 86.7 Å². The minimum Gasteiger partial charge on any atom is -0.508 e. The second kappa shape index (κ2) is 5.21. The Morgan fingerprint density at radius 3 is 2.60 bits per heavy atom. The average molecular weight is 232 g/mol. The van der Waals surface area contributed by atoms with Crippen LogP contribution in [0.1, 0.15) is 18.1 Å². The molecule has 84 valence electrons. The van der Waals surface area contributed by atoms with Crippen molar-refractivity contribution >= 4 is 17.3 Å². The second-order valence-corrected chi connectivity index (χ2v) is 3.69. The molecular weight excluding hydrogens is 218 g/mol. The largest absolute Gasteiger partial charge is 0.508 e. The normalized spacial score (nSPS) is 14.9. The van der Waals surface area contributed by atoms with Gasteiger partial charge in [-0.1, -0.05) is 0 Å². The Morgan fingerprint density at radius 1 is 1.33 bits per heavy atom. The number of benzene rings is 1. The molecule has 0 aliphatic carbocycles. The Labute approximate surface area is 92.9 Å². The van der Waals surface area contributed by atoms with Gasteiger partial charge in [-0.25, -0.2) is 0 Å². The van der Waals surface area contributed by atoms with Gasteiger partial charge in [0.2, 0.25) is 0 Å². The summed E-state index contributed by atoms with van der Waals surface area (Å²) in [7, 11) is 0. The van der Waals surface area contributed by atoms with E-state index in [-0.39, 0.29) is 23.6 Å². The van der Waals surface area contributed by atoms with Gasteiger partial charge in [-0.15, -0.1) is 11.6 Å². The average Bonchev–Trinajstić information content (AvgIpc) is 2.21. The van der Waals surface area contributed by atoms with Crippen molar-refractivity contribution in [2.75, 3.05) is 11.6 Å². The number of nitrogens with two attached hydrogens (primary N) is 1. The zero-order valence-corrected chi connectivity index (χ0v) is 8.85. The molecule has 2 atom stereocenters. The molecule has 0 fully saturated rings. The first kappa shape index (κ1) is 12.1. The zero-order valence-electron chi connectivity index (χ0n) is 8.10. The number of rotatable bonds is 4. The van der Waals surface area contributed by atoms with Gasteiger partial charge in [-0.2, -0.15) is 0 Å². The highest BCUT2D eigenvalue weighted by molar-refractivity contribution is 6.17. The van der Waals surface area contributed by atoms with Gasteiger partial charge in [0.15, 0.2) is 0 Å². The van der Waals surface area contributed by atoms with E-state index < -0.39 is 12.2 Å². The van der Waals surface area contributed by atoms with Crippen LogP contribution in [0, 0.1) is 0 Å². The lowest BCUT2D eigenvalue weighted by Gasteiger charge is -2.18. The van der Waals surface area contributed by atoms with Crippen LogP contribution in [0.2, 0.25) is 0 Å². The van der Waals surface area contributed by atoms with E-state index in [4.69, 9.17) is 17.3 Å². The van der Waals surface area contributed by atoms with Gasteiger partial charge in [-0.3, -0.25) is 0 Å². The number of aliphatic hydroxyl groups excluding tert-OH is 2. The lowest BCUT2D eigenvalue weighted by atomic mass is 10.0. The van der Waals surface area contributed by atoms with Gasteiger partial charge in [0.1, 0.15) is 11.9 Å². The van der Waals surface area contributed by atoms with Gasteiger partial charge in [0.25, 0.3) is 0 Å². The molecule has 0 bridgehead atoms. The maximum Gasteiger partial charge on any atom is 0.121 e. The van der Waals surface area contributed by atoms with E-state index in [2.05, 4.69) is 0 Å². The summed E-state index contributed by atoms with van der Waals surface area (Å²) in [5.74, 6) is 0.145. The molecule has 0 saturated heterocycles. The van der Waals surface area contributed by atoms with E-state index in [1.165, 1.54) is 18.2 Å². The number of nitrogen functional groups attached to an aromatic ring is 1. The third-order valence-corrected chi connectivity index (χ3v) is 2.36. The number of alkyl halides is 1. The molecule has 2 unspecified atom stereocenters. The second-order valence-electron chi connectivity index (χ2n) is 3.31. The number of phenolic OH excluding ortho intramolecular Hbond substituents is 1. The molecule has 1 aromatic carbocycles. The number of hydrogen-bond donors (Lipinski definition) is 4. The molecule has 15 heavy (non-hydrogen) atoms. The molecular formula is C10H14ClNO3. The predicted octanol–water partition coefficient (Wildman–Crippen LogP) is 0.998. The Morgan fingerprint density at radius 2 is 2.00 bits per heavy atom. The van der Waals surface area contributed by atoms with E-state index in [0.717, 1.165) is 0 Å². The smallest absolute Gasteiger partial charge is 0.121 e. The van der Waals surface area contributed by atoms with Gasteiger partial charge in [0, 0.05) is 17.1 Å². The fraction of sp³-hybridized carbons (Fsp3) is 0.400. The van der Waals surface area contributed by atoms with E-state index >= 15 is 0 Å².